The Morgan fingerprint density at radius 2 is 1.95 bits per heavy atom. The molecule has 0 unspecified atom stereocenters. The van der Waals surface area contributed by atoms with Crippen molar-refractivity contribution in [2.75, 3.05) is 20.3 Å². The number of benzene rings is 1. The molecule has 22 heavy (non-hydrogen) atoms. The molecule has 0 radical (unpaired) electrons. The van der Waals surface area contributed by atoms with Gasteiger partial charge in [-0.05, 0) is 39.0 Å². The number of hydrogen-bond acceptors (Lipinski definition) is 5. The quantitative estimate of drug-likeness (QED) is 0.668. The minimum atomic E-state index is -0.607. The Morgan fingerprint density at radius 1 is 1.27 bits per heavy atom. The van der Waals surface area contributed by atoms with Crippen LogP contribution in [-0.4, -0.2) is 37.9 Å². The average Bonchev–Trinajstić information content (AvgIpc) is 2.42. The molecule has 122 valence electrons. The van der Waals surface area contributed by atoms with E-state index in [1.165, 1.54) is 19.2 Å². The van der Waals surface area contributed by atoms with Crippen LogP contribution in [0.3, 0.4) is 0 Å². The molecular weight excluding hydrogens is 293 g/mol. The third kappa shape index (κ3) is 5.99. The molecule has 1 amide bonds. The molecule has 0 fully saturated rings. The molecule has 0 heterocycles. The molecule has 0 atom stereocenters. The van der Waals surface area contributed by atoms with Gasteiger partial charge < -0.3 is 19.5 Å². The molecule has 0 bridgehead atoms. The van der Waals surface area contributed by atoms with Crippen molar-refractivity contribution in [2.45, 2.75) is 26.4 Å². The fourth-order valence-electron chi connectivity index (χ4n) is 1.49. The van der Waals surface area contributed by atoms with Gasteiger partial charge in [-0.15, -0.1) is 0 Å². The second-order valence-corrected chi connectivity index (χ2v) is 5.41. The van der Waals surface area contributed by atoms with Crippen molar-refractivity contribution in [3.8, 4) is 5.75 Å². The second kappa shape index (κ2) is 7.63. The van der Waals surface area contributed by atoms with Crippen LogP contribution in [0.4, 0.5) is 9.18 Å². The predicted octanol–water partition coefficient (Wildman–Crippen LogP) is 2.52. The molecule has 1 N–H and O–H groups in total. The van der Waals surface area contributed by atoms with E-state index in [0.29, 0.717) is 0 Å². The molecular formula is C15H20FNO5. The number of methoxy groups -OCH3 is 1. The topological polar surface area (TPSA) is 73.9 Å². The van der Waals surface area contributed by atoms with Gasteiger partial charge in [0.25, 0.3) is 0 Å². The molecule has 0 aliphatic rings. The summed E-state index contributed by atoms with van der Waals surface area (Å²) in [6.45, 7) is 5.40. The lowest BCUT2D eigenvalue weighted by Crippen LogP contribution is -2.34. The zero-order valence-corrected chi connectivity index (χ0v) is 13.1. The van der Waals surface area contributed by atoms with Crippen molar-refractivity contribution in [1.82, 2.24) is 5.32 Å². The van der Waals surface area contributed by atoms with E-state index in [4.69, 9.17) is 9.47 Å². The van der Waals surface area contributed by atoms with Crippen molar-refractivity contribution in [3.63, 3.8) is 0 Å². The number of amides is 1. The van der Waals surface area contributed by atoms with Crippen LogP contribution in [0.5, 0.6) is 5.75 Å². The number of hydrogen-bond donors (Lipinski definition) is 1. The third-order valence-corrected chi connectivity index (χ3v) is 2.38. The monoisotopic (exact) mass is 313 g/mol. The highest BCUT2D eigenvalue weighted by Crippen LogP contribution is 2.19. The number of carbonyl (C=O) groups is 2. The average molecular weight is 313 g/mol. The molecule has 1 aromatic rings. The van der Waals surface area contributed by atoms with E-state index in [1.807, 2.05) is 0 Å². The Morgan fingerprint density at radius 3 is 2.55 bits per heavy atom. The van der Waals surface area contributed by atoms with E-state index in [-0.39, 0.29) is 24.5 Å². The summed E-state index contributed by atoms with van der Waals surface area (Å²) >= 11 is 0. The number of alkyl carbamates (subject to hydrolysis) is 1. The first kappa shape index (κ1) is 17.7. The first-order valence-electron chi connectivity index (χ1n) is 6.70. The molecule has 1 aromatic carbocycles. The van der Waals surface area contributed by atoms with Crippen LogP contribution in [0.2, 0.25) is 0 Å². The zero-order chi connectivity index (χ0) is 16.8. The van der Waals surface area contributed by atoms with Crippen molar-refractivity contribution in [1.29, 1.82) is 0 Å². The van der Waals surface area contributed by atoms with Gasteiger partial charge in [0.15, 0.2) is 11.6 Å². The Hall–Kier alpha value is -2.31. The number of ether oxygens (including phenoxy) is 3. The van der Waals surface area contributed by atoms with Crippen LogP contribution in [0.15, 0.2) is 18.2 Å². The van der Waals surface area contributed by atoms with Crippen LogP contribution in [0, 0.1) is 5.82 Å². The fourth-order valence-corrected chi connectivity index (χ4v) is 1.49. The van der Waals surface area contributed by atoms with Gasteiger partial charge in [0.05, 0.1) is 19.2 Å². The Balaban J connectivity index is 2.48. The van der Waals surface area contributed by atoms with Gasteiger partial charge in [0.2, 0.25) is 0 Å². The molecule has 0 aliphatic carbocycles. The molecule has 0 saturated heterocycles. The van der Waals surface area contributed by atoms with Gasteiger partial charge in [-0.3, -0.25) is 0 Å². The van der Waals surface area contributed by atoms with Crippen LogP contribution in [0.1, 0.15) is 31.1 Å². The van der Waals surface area contributed by atoms with Crippen LogP contribution < -0.4 is 10.1 Å². The van der Waals surface area contributed by atoms with Crippen LogP contribution in [-0.2, 0) is 9.47 Å². The highest BCUT2D eigenvalue weighted by molar-refractivity contribution is 5.89. The highest BCUT2D eigenvalue weighted by atomic mass is 19.1. The summed E-state index contributed by atoms with van der Waals surface area (Å²) in [7, 11) is 1.23. The van der Waals surface area contributed by atoms with Crippen LogP contribution >= 0.6 is 0 Å². The molecule has 0 saturated carbocycles. The fraction of sp³-hybridized carbons (Fsp3) is 0.467. The summed E-state index contributed by atoms with van der Waals surface area (Å²) in [6.07, 6.45) is -0.583. The minimum absolute atomic E-state index is 0.0286. The number of carbonyl (C=O) groups excluding carboxylic acids is 2. The Bertz CT molecular complexity index is 539. The number of rotatable bonds is 5. The van der Waals surface area contributed by atoms with Crippen molar-refractivity contribution >= 4 is 12.1 Å². The summed E-state index contributed by atoms with van der Waals surface area (Å²) < 4.78 is 28.3. The summed E-state index contributed by atoms with van der Waals surface area (Å²) in [4.78, 5) is 22.8. The maximum Gasteiger partial charge on any atom is 0.407 e. The third-order valence-electron chi connectivity index (χ3n) is 2.38. The van der Waals surface area contributed by atoms with Gasteiger partial charge in [0, 0.05) is 0 Å². The van der Waals surface area contributed by atoms with Gasteiger partial charge >= 0.3 is 12.1 Å². The van der Waals surface area contributed by atoms with E-state index < -0.39 is 23.5 Å². The largest absolute Gasteiger partial charge is 0.489 e. The van der Waals surface area contributed by atoms with Crippen molar-refractivity contribution in [3.05, 3.63) is 29.6 Å². The molecule has 0 spiro atoms. The first-order valence-corrected chi connectivity index (χ1v) is 6.70. The minimum Gasteiger partial charge on any atom is -0.489 e. The zero-order valence-electron chi connectivity index (χ0n) is 13.1. The van der Waals surface area contributed by atoms with Gasteiger partial charge in [-0.1, -0.05) is 0 Å². The van der Waals surface area contributed by atoms with Gasteiger partial charge in [0.1, 0.15) is 12.2 Å². The Labute approximate surface area is 128 Å². The smallest absolute Gasteiger partial charge is 0.407 e. The lowest BCUT2D eigenvalue weighted by atomic mass is 10.2. The first-order chi connectivity index (χ1) is 10.2. The van der Waals surface area contributed by atoms with E-state index in [2.05, 4.69) is 10.1 Å². The molecule has 6 nitrogen and oxygen atoms in total. The summed E-state index contributed by atoms with van der Waals surface area (Å²) in [5, 5.41) is 2.48. The molecule has 7 heteroatoms. The van der Waals surface area contributed by atoms with Crippen molar-refractivity contribution in [2.24, 2.45) is 0 Å². The normalized spacial score (nSPS) is 10.8. The number of nitrogens with one attached hydrogen (secondary N) is 1. The van der Waals surface area contributed by atoms with Crippen molar-refractivity contribution < 1.29 is 28.2 Å². The van der Waals surface area contributed by atoms with Gasteiger partial charge in [-0.2, -0.15) is 0 Å². The Kier molecular flexibility index (Phi) is 6.15. The maximum atomic E-state index is 13.6. The molecule has 1 rings (SSSR count). The SMILES string of the molecule is COC(=O)c1ccc(F)c(OCCNC(=O)OC(C)(C)C)c1. The highest BCUT2D eigenvalue weighted by Gasteiger charge is 2.15. The molecule has 0 aliphatic heterocycles. The number of esters is 1. The second-order valence-electron chi connectivity index (χ2n) is 5.41. The van der Waals surface area contributed by atoms with E-state index in [0.717, 1.165) is 6.07 Å². The summed E-state index contributed by atoms with van der Waals surface area (Å²) in [5.74, 6) is -1.28. The maximum absolute atomic E-state index is 13.6. The van der Waals surface area contributed by atoms with Crippen LogP contribution in [0.25, 0.3) is 0 Å². The number of halogens is 1. The predicted molar refractivity (Wildman–Crippen MR) is 77.5 cm³/mol. The standard InChI is InChI=1S/C15H20FNO5/c1-15(2,3)22-14(19)17-7-8-21-12-9-10(13(18)20-4)5-6-11(12)16/h5-6,9H,7-8H2,1-4H3,(H,17,19). The lowest BCUT2D eigenvalue weighted by Gasteiger charge is -2.19. The van der Waals surface area contributed by atoms with Gasteiger partial charge in [-0.25, -0.2) is 14.0 Å². The molecule has 0 aromatic heterocycles. The summed E-state index contributed by atoms with van der Waals surface area (Å²) in [6, 6.07) is 3.66. The summed E-state index contributed by atoms with van der Waals surface area (Å²) in [5.41, 5.74) is -0.412. The van der Waals surface area contributed by atoms with E-state index in [9.17, 15) is 14.0 Å². The van der Waals surface area contributed by atoms with E-state index in [1.54, 1.807) is 20.8 Å². The lowest BCUT2D eigenvalue weighted by molar-refractivity contribution is 0.0519. The van der Waals surface area contributed by atoms with E-state index >= 15 is 0 Å².